The van der Waals surface area contributed by atoms with E-state index in [1.54, 1.807) is 4.68 Å². The van der Waals surface area contributed by atoms with Gasteiger partial charge in [0.25, 0.3) is 0 Å². The third-order valence-electron chi connectivity index (χ3n) is 4.82. The van der Waals surface area contributed by atoms with Gasteiger partial charge in [-0.1, -0.05) is 32.1 Å². The molecule has 0 aromatic carbocycles. The molecular formula is C17H27N3O2. The molecule has 3 rings (SSSR count). The number of carbonyl (C=O) groups is 1. The lowest BCUT2D eigenvalue weighted by atomic mass is 9.92. The van der Waals surface area contributed by atoms with Crippen molar-refractivity contribution in [3.05, 3.63) is 11.6 Å². The van der Waals surface area contributed by atoms with Gasteiger partial charge in [-0.3, -0.25) is 9.48 Å². The van der Waals surface area contributed by atoms with Crippen LogP contribution in [0.4, 0.5) is 0 Å². The van der Waals surface area contributed by atoms with Crippen molar-refractivity contribution in [3.8, 4) is 0 Å². The van der Waals surface area contributed by atoms with E-state index in [1.165, 1.54) is 57.8 Å². The van der Waals surface area contributed by atoms with E-state index in [1.807, 2.05) is 7.05 Å². The number of nitrogens with zero attached hydrogens (tertiary/aromatic N) is 3. The van der Waals surface area contributed by atoms with Gasteiger partial charge in [0, 0.05) is 13.0 Å². The molecule has 2 aliphatic carbocycles. The molecule has 122 valence electrons. The van der Waals surface area contributed by atoms with E-state index in [0.29, 0.717) is 18.4 Å². The summed E-state index contributed by atoms with van der Waals surface area (Å²) in [4.78, 5) is 16.5. The van der Waals surface area contributed by atoms with Crippen LogP contribution >= 0.6 is 0 Å². The van der Waals surface area contributed by atoms with Crippen molar-refractivity contribution >= 4 is 5.97 Å². The number of ether oxygens (including phenoxy) is 1. The third-order valence-corrected chi connectivity index (χ3v) is 4.82. The first-order valence-electron chi connectivity index (χ1n) is 8.78. The van der Waals surface area contributed by atoms with Crippen molar-refractivity contribution in [3.63, 3.8) is 0 Å². The Morgan fingerprint density at radius 1 is 1.14 bits per heavy atom. The van der Waals surface area contributed by atoms with Crippen LogP contribution in [-0.2, 0) is 23.0 Å². The monoisotopic (exact) mass is 305 g/mol. The van der Waals surface area contributed by atoms with Crippen molar-refractivity contribution in [1.29, 1.82) is 0 Å². The van der Waals surface area contributed by atoms with Gasteiger partial charge in [-0.15, -0.1) is 0 Å². The van der Waals surface area contributed by atoms with Gasteiger partial charge in [0.2, 0.25) is 0 Å². The summed E-state index contributed by atoms with van der Waals surface area (Å²) in [6.07, 6.45) is 11.6. The van der Waals surface area contributed by atoms with Crippen molar-refractivity contribution in [2.45, 2.75) is 70.1 Å². The van der Waals surface area contributed by atoms with Crippen LogP contribution in [0.1, 0.15) is 75.4 Å². The summed E-state index contributed by atoms with van der Waals surface area (Å²) in [6, 6.07) is 0. The summed E-state index contributed by atoms with van der Waals surface area (Å²) in [6.45, 7) is 0.576. The molecule has 5 nitrogen and oxygen atoms in total. The Bertz CT molecular complexity index is 500. The molecule has 1 aromatic rings. The van der Waals surface area contributed by atoms with Crippen LogP contribution in [0, 0.1) is 5.92 Å². The second-order valence-electron chi connectivity index (χ2n) is 6.86. The molecule has 0 aliphatic heterocycles. The van der Waals surface area contributed by atoms with Gasteiger partial charge in [0.05, 0.1) is 6.61 Å². The van der Waals surface area contributed by atoms with Gasteiger partial charge in [0.15, 0.2) is 5.82 Å². The number of aryl methyl sites for hydroxylation is 1. The molecule has 0 spiro atoms. The highest BCUT2D eigenvalue weighted by atomic mass is 16.5. The number of esters is 1. The second kappa shape index (κ2) is 7.25. The maximum atomic E-state index is 12.1. The van der Waals surface area contributed by atoms with E-state index in [2.05, 4.69) is 10.1 Å². The molecule has 0 atom stereocenters. The Morgan fingerprint density at radius 2 is 1.82 bits per heavy atom. The SMILES string of the molecule is Cn1nc(C2CC2)nc1CC(=O)OCC1CCCCCCC1. The predicted octanol–water partition coefficient (Wildman–Crippen LogP) is 3.14. The zero-order valence-electron chi connectivity index (χ0n) is 13.6. The second-order valence-corrected chi connectivity index (χ2v) is 6.86. The molecule has 1 heterocycles. The molecule has 2 fully saturated rings. The molecule has 0 bridgehead atoms. The van der Waals surface area contributed by atoms with E-state index in [-0.39, 0.29) is 12.4 Å². The molecule has 5 heteroatoms. The average molecular weight is 305 g/mol. The van der Waals surface area contributed by atoms with E-state index >= 15 is 0 Å². The standard InChI is InChI=1S/C17H27N3O2/c1-20-15(18-17(19-20)14-9-10-14)11-16(21)22-12-13-7-5-3-2-4-6-8-13/h13-14H,2-12H2,1H3. The lowest BCUT2D eigenvalue weighted by Gasteiger charge is -2.19. The molecule has 0 radical (unpaired) electrons. The van der Waals surface area contributed by atoms with Gasteiger partial charge in [-0.25, -0.2) is 4.98 Å². The van der Waals surface area contributed by atoms with Crippen molar-refractivity contribution in [2.75, 3.05) is 6.61 Å². The molecule has 1 aromatic heterocycles. The van der Waals surface area contributed by atoms with Crippen LogP contribution in [0.5, 0.6) is 0 Å². The molecular weight excluding hydrogens is 278 g/mol. The summed E-state index contributed by atoms with van der Waals surface area (Å²) in [7, 11) is 1.86. The summed E-state index contributed by atoms with van der Waals surface area (Å²) >= 11 is 0. The van der Waals surface area contributed by atoms with E-state index in [0.717, 1.165) is 11.6 Å². The first-order chi connectivity index (χ1) is 10.7. The highest BCUT2D eigenvalue weighted by Gasteiger charge is 2.29. The smallest absolute Gasteiger partial charge is 0.313 e. The lowest BCUT2D eigenvalue weighted by molar-refractivity contribution is -0.144. The number of rotatable bonds is 5. The lowest BCUT2D eigenvalue weighted by Crippen LogP contribution is -2.18. The highest BCUT2D eigenvalue weighted by Crippen LogP contribution is 2.38. The topological polar surface area (TPSA) is 57.0 Å². The molecule has 0 unspecified atom stereocenters. The molecule has 0 N–H and O–H groups in total. The highest BCUT2D eigenvalue weighted by molar-refractivity contribution is 5.71. The van der Waals surface area contributed by atoms with Crippen LogP contribution in [0.15, 0.2) is 0 Å². The van der Waals surface area contributed by atoms with Crippen LogP contribution in [0.25, 0.3) is 0 Å². The first-order valence-corrected chi connectivity index (χ1v) is 8.78. The number of hydrogen-bond donors (Lipinski definition) is 0. The Balaban J connectivity index is 1.45. The maximum absolute atomic E-state index is 12.1. The van der Waals surface area contributed by atoms with Crippen molar-refractivity contribution in [2.24, 2.45) is 13.0 Å². The fourth-order valence-corrected chi connectivity index (χ4v) is 3.21. The predicted molar refractivity (Wildman–Crippen MR) is 83.5 cm³/mol. The Kier molecular flexibility index (Phi) is 5.11. The van der Waals surface area contributed by atoms with Crippen LogP contribution in [-0.4, -0.2) is 27.3 Å². The Labute approximate surface area is 132 Å². The fraction of sp³-hybridized carbons (Fsp3) is 0.824. The fourth-order valence-electron chi connectivity index (χ4n) is 3.21. The van der Waals surface area contributed by atoms with E-state index in [9.17, 15) is 4.79 Å². The van der Waals surface area contributed by atoms with Crippen LogP contribution < -0.4 is 0 Å². The zero-order valence-corrected chi connectivity index (χ0v) is 13.6. The minimum atomic E-state index is -0.167. The molecule has 0 saturated heterocycles. The van der Waals surface area contributed by atoms with E-state index < -0.39 is 0 Å². The Hall–Kier alpha value is -1.39. The third kappa shape index (κ3) is 4.31. The normalized spacial score (nSPS) is 20.4. The number of aromatic nitrogens is 3. The number of hydrogen-bond acceptors (Lipinski definition) is 4. The summed E-state index contributed by atoms with van der Waals surface area (Å²) in [5.74, 6) is 2.52. The van der Waals surface area contributed by atoms with Crippen molar-refractivity contribution in [1.82, 2.24) is 14.8 Å². The summed E-state index contributed by atoms with van der Waals surface area (Å²) in [5.41, 5.74) is 0. The first kappa shape index (κ1) is 15.5. The van der Waals surface area contributed by atoms with Crippen LogP contribution in [0.3, 0.4) is 0 Å². The quantitative estimate of drug-likeness (QED) is 0.784. The Morgan fingerprint density at radius 3 is 2.50 bits per heavy atom. The van der Waals surface area contributed by atoms with Gasteiger partial charge in [-0.2, -0.15) is 5.10 Å². The summed E-state index contributed by atoms with van der Waals surface area (Å²) in [5, 5.41) is 4.40. The van der Waals surface area contributed by atoms with Gasteiger partial charge >= 0.3 is 5.97 Å². The van der Waals surface area contributed by atoms with Gasteiger partial charge in [-0.05, 0) is 31.6 Å². The average Bonchev–Trinajstić information content (AvgIpc) is 3.24. The minimum Gasteiger partial charge on any atom is -0.465 e. The molecule has 0 amide bonds. The molecule has 2 saturated carbocycles. The summed E-state index contributed by atoms with van der Waals surface area (Å²) < 4.78 is 7.23. The minimum absolute atomic E-state index is 0.167. The molecule has 22 heavy (non-hydrogen) atoms. The number of carbonyl (C=O) groups excluding carboxylic acids is 1. The molecule has 2 aliphatic rings. The van der Waals surface area contributed by atoms with Gasteiger partial charge < -0.3 is 4.74 Å². The zero-order chi connectivity index (χ0) is 15.4. The van der Waals surface area contributed by atoms with E-state index in [4.69, 9.17) is 4.74 Å². The van der Waals surface area contributed by atoms with Crippen LogP contribution in [0.2, 0.25) is 0 Å². The van der Waals surface area contributed by atoms with Crippen molar-refractivity contribution < 1.29 is 9.53 Å². The largest absolute Gasteiger partial charge is 0.465 e. The maximum Gasteiger partial charge on any atom is 0.313 e. The van der Waals surface area contributed by atoms with Gasteiger partial charge in [0.1, 0.15) is 12.2 Å².